The highest BCUT2D eigenvalue weighted by molar-refractivity contribution is 6.07. The first kappa shape index (κ1) is 35.8. The number of nitrogens with zero attached hydrogens (tertiary/aromatic N) is 3. The number of ether oxygens (including phenoxy) is 5. The molecule has 3 aliphatic rings. The average molecular weight is 765 g/mol. The molecule has 4 heterocycles. The van der Waals surface area contributed by atoms with Crippen molar-refractivity contribution < 1.29 is 48.1 Å². The van der Waals surface area contributed by atoms with E-state index < -0.39 is 34.6 Å². The molecule has 0 radical (unpaired) electrons. The first-order chi connectivity index (χ1) is 26.9. The number of carbonyl (C=O) groups excluding carboxylic acids is 3. The van der Waals surface area contributed by atoms with Crippen LogP contribution in [0.4, 0.5) is 22.7 Å². The maximum absolute atomic E-state index is 13.6. The van der Waals surface area contributed by atoms with E-state index in [-0.39, 0.29) is 59.6 Å². The van der Waals surface area contributed by atoms with Crippen molar-refractivity contribution in [3.63, 3.8) is 0 Å². The minimum atomic E-state index is -0.608. The highest BCUT2D eigenvalue weighted by Gasteiger charge is 2.52. The number of rotatable bonds is 10. The lowest BCUT2D eigenvalue weighted by Gasteiger charge is -2.40. The van der Waals surface area contributed by atoms with Crippen LogP contribution in [0.1, 0.15) is 49.6 Å². The highest BCUT2D eigenvalue weighted by atomic mass is 16.7. The molecular formula is C39H36N6O11. The Kier molecular flexibility index (Phi) is 8.90. The molecule has 17 nitrogen and oxygen atoms in total. The monoisotopic (exact) mass is 764 g/mol. The fourth-order valence-corrected chi connectivity index (χ4v) is 7.79. The van der Waals surface area contributed by atoms with E-state index in [1.165, 1.54) is 44.2 Å². The number of fused-ring (bicyclic) bond motifs is 3. The molecule has 5 aromatic rings. The van der Waals surface area contributed by atoms with E-state index in [0.717, 1.165) is 11.1 Å². The molecule has 0 unspecified atom stereocenters. The third kappa shape index (κ3) is 6.21. The average Bonchev–Trinajstić information content (AvgIpc) is 3.98. The lowest BCUT2D eigenvalue weighted by molar-refractivity contribution is -0.384. The van der Waals surface area contributed by atoms with E-state index in [2.05, 4.69) is 16.0 Å². The molecule has 2 aliphatic heterocycles. The van der Waals surface area contributed by atoms with Crippen LogP contribution in [0, 0.1) is 22.0 Å². The zero-order valence-electron chi connectivity index (χ0n) is 30.5. The largest absolute Gasteiger partial charge is 0.502 e. The number of nitro groups is 1. The van der Waals surface area contributed by atoms with Gasteiger partial charge < -0.3 is 53.9 Å². The summed E-state index contributed by atoms with van der Waals surface area (Å²) >= 11 is 0. The highest BCUT2D eigenvalue weighted by Crippen LogP contribution is 2.56. The van der Waals surface area contributed by atoms with Gasteiger partial charge in [0.05, 0.1) is 49.6 Å². The van der Waals surface area contributed by atoms with E-state index in [1.54, 1.807) is 42.1 Å². The summed E-state index contributed by atoms with van der Waals surface area (Å²) in [7, 11) is 6.08. The minimum absolute atomic E-state index is 0.0585. The second-order valence-electron chi connectivity index (χ2n) is 13.7. The number of benzene rings is 3. The van der Waals surface area contributed by atoms with Crippen LogP contribution >= 0.6 is 0 Å². The fourth-order valence-electron chi connectivity index (χ4n) is 7.79. The maximum atomic E-state index is 13.6. The second-order valence-corrected chi connectivity index (χ2v) is 13.7. The van der Waals surface area contributed by atoms with Crippen LogP contribution in [0.5, 0.6) is 28.7 Å². The van der Waals surface area contributed by atoms with E-state index in [1.807, 2.05) is 24.3 Å². The van der Waals surface area contributed by atoms with Gasteiger partial charge in [0.15, 0.2) is 23.0 Å². The van der Waals surface area contributed by atoms with Gasteiger partial charge >= 0.3 is 5.97 Å². The molecule has 1 aliphatic carbocycles. The van der Waals surface area contributed by atoms with Crippen LogP contribution in [0.25, 0.3) is 0 Å². The van der Waals surface area contributed by atoms with E-state index >= 15 is 0 Å². The van der Waals surface area contributed by atoms with Crippen LogP contribution in [0.3, 0.4) is 0 Å². The minimum Gasteiger partial charge on any atom is -0.502 e. The topological polar surface area (TPSA) is 207 Å². The second kappa shape index (κ2) is 13.9. The van der Waals surface area contributed by atoms with Crippen molar-refractivity contribution in [3.05, 3.63) is 111 Å². The molecule has 4 N–H and O–H groups in total. The molecule has 3 aromatic carbocycles. The number of esters is 1. The molecule has 8 rings (SSSR count). The Bertz CT molecular complexity index is 2400. The van der Waals surface area contributed by atoms with Crippen molar-refractivity contribution >= 4 is 40.5 Å². The molecule has 17 heteroatoms. The van der Waals surface area contributed by atoms with Gasteiger partial charge in [0.25, 0.3) is 17.5 Å². The number of nitrogens with one attached hydrogen (secondary N) is 3. The number of aryl methyl sites for hydroxylation is 2. The molecule has 1 saturated heterocycles. The number of hydrogen-bond donors (Lipinski definition) is 4. The third-order valence-electron chi connectivity index (χ3n) is 10.4. The Labute approximate surface area is 318 Å². The summed E-state index contributed by atoms with van der Waals surface area (Å²) < 4.78 is 31.1. The summed E-state index contributed by atoms with van der Waals surface area (Å²) in [6.07, 6.45) is 2.81. The summed E-state index contributed by atoms with van der Waals surface area (Å²) in [5, 5.41) is 30.9. The number of aromatic hydroxyl groups is 1. The molecule has 0 bridgehead atoms. The van der Waals surface area contributed by atoms with Crippen molar-refractivity contribution in [2.24, 2.45) is 25.9 Å². The Hall–Kier alpha value is -7.17. The van der Waals surface area contributed by atoms with Crippen molar-refractivity contribution in [2.45, 2.75) is 12.0 Å². The number of hydrogen-bond acceptors (Lipinski definition) is 12. The van der Waals surface area contributed by atoms with Gasteiger partial charge in [-0.3, -0.25) is 24.5 Å². The van der Waals surface area contributed by atoms with Crippen molar-refractivity contribution in [1.82, 2.24) is 9.13 Å². The van der Waals surface area contributed by atoms with Gasteiger partial charge in [0, 0.05) is 49.6 Å². The zero-order valence-corrected chi connectivity index (χ0v) is 30.5. The molecule has 2 aromatic heterocycles. The number of amides is 2. The van der Waals surface area contributed by atoms with Crippen LogP contribution < -0.4 is 34.9 Å². The molecular weight excluding hydrogens is 728 g/mol. The summed E-state index contributed by atoms with van der Waals surface area (Å²) in [4.78, 5) is 50.3. The summed E-state index contributed by atoms with van der Waals surface area (Å²) in [6, 6.07) is 16.6. The fraction of sp³-hybridized carbons (Fsp3) is 0.256. The Morgan fingerprint density at radius 3 is 2.04 bits per heavy atom. The molecule has 0 saturated carbocycles. The van der Waals surface area contributed by atoms with Gasteiger partial charge in [-0.1, -0.05) is 0 Å². The number of carbonyl (C=O) groups is 3. The van der Waals surface area contributed by atoms with Gasteiger partial charge in [-0.25, -0.2) is 0 Å². The zero-order chi connectivity index (χ0) is 39.4. The molecule has 4 atom stereocenters. The number of cyclic esters (lactones) is 1. The lowest BCUT2D eigenvalue weighted by atomic mass is 9.65. The molecule has 2 amide bonds. The quantitative estimate of drug-likeness (QED) is 0.0811. The summed E-state index contributed by atoms with van der Waals surface area (Å²) in [5.74, 6) is -1.39. The number of phenols is 1. The van der Waals surface area contributed by atoms with Crippen molar-refractivity contribution in [2.75, 3.05) is 43.6 Å². The SMILES string of the molecule is COc1cc([C@@H]2c3cc4c(cc3[C@@H](Nc3ccc(NC(=O)c5cc(NC(=O)c6cc([N+](=O)[O-])cn6C)cn5C)cc3)[C@H]3COC(=O)[C@H]23)OCO4)cc(OC)c1O. The Morgan fingerprint density at radius 1 is 0.821 bits per heavy atom. The van der Waals surface area contributed by atoms with Gasteiger partial charge in [0.2, 0.25) is 12.5 Å². The first-order valence-corrected chi connectivity index (χ1v) is 17.5. The van der Waals surface area contributed by atoms with Gasteiger partial charge in [-0.05, 0) is 71.3 Å². The standard InChI is InChI=1S/C39H36N6O11/c1-43-15-22(42-38(48)28-12-23(45(50)51)16-44(28)2)11-27(43)37(47)41-21-7-5-20(6-8-21)40-35-25-14-30-29(55-18-56-30)13-24(25)33(34-26(35)17-54-39(34)49)19-9-31(52-3)36(46)32(10-19)53-4/h5-16,26,33-35,40,46H,17-18H2,1-4H3,(H,41,47)(H,42,48)/t26-,33+,34-,35+/m0/s1. The number of anilines is 3. The van der Waals surface area contributed by atoms with Crippen LogP contribution in [0.2, 0.25) is 0 Å². The van der Waals surface area contributed by atoms with Gasteiger partial charge in [-0.15, -0.1) is 0 Å². The van der Waals surface area contributed by atoms with Crippen LogP contribution in [-0.2, 0) is 23.6 Å². The smallest absolute Gasteiger partial charge is 0.310 e. The molecule has 1 fully saturated rings. The summed E-state index contributed by atoms with van der Waals surface area (Å²) in [5.41, 5.74) is 4.07. The predicted molar refractivity (Wildman–Crippen MR) is 200 cm³/mol. The Balaban J connectivity index is 1.03. The van der Waals surface area contributed by atoms with Crippen molar-refractivity contribution in [1.29, 1.82) is 0 Å². The lowest BCUT2D eigenvalue weighted by Crippen LogP contribution is -2.37. The van der Waals surface area contributed by atoms with E-state index in [0.29, 0.717) is 34.1 Å². The van der Waals surface area contributed by atoms with Crippen LogP contribution in [-0.4, -0.2) is 64.6 Å². The van der Waals surface area contributed by atoms with E-state index in [9.17, 15) is 29.6 Å². The number of methoxy groups -OCH3 is 2. The van der Waals surface area contributed by atoms with Gasteiger partial charge in [-0.2, -0.15) is 0 Å². The molecule has 56 heavy (non-hydrogen) atoms. The van der Waals surface area contributed by atoms with E-state index in [4.69, 9.17) is 23.7 Å². The third-order valence-corrected chi connectivity index (χ3v) is 10.4. The Morgan fingerprint density at radius 2 is 1.41 bits per heavy atom. The van der Waals surface area contributed by atoms with Gasteiger partial charge in [0.1, 0.15) is 11.4 Å². The molecule has 288 valence electrons. The predicted octanol–water partition coefficient (Wildman–Crippen LogP) is 5.32. The number of aromatic nitrogens is 2. The summed E-state index contributed by atoms with van der Waals surface area (Å²) in [6.45, 7) is 0.221. The van der Waals surface area contributed by atoms with Crippen molar-refractivity contribution in [3.8, 4) is 28.7 Å². The number of phenolic OH excluding ortho intramolecular Hbond substituents is 1. The maximum Gasteiger partial charge on any atom is 0.310 e. The normalized spacial score (nSPS) is 19.0. The van der Waals surface area contributed by atoms with Crippen LogP contribution in [0.15, 0.2) is 73.1 Å². The molecule has 0 spiro atoms. The first-order valence-electron chi connectivity index (χ1n) is 17.5.